The van der Waals surface area contributed by atoms with Crippen LogP contribution in [0.3, 0.4) is 0 Å². The van der Waals surface area contributed by atoms with Gasteiger partial charge >= 0.3 is 0 Å². The predicted octanol–water partition coefficient (Wildman–Crippen LogP) is 4.40. The van der Waals surface area contributed by atoms with Crippen molar-refractivity contribution in [1.29, 1.82) is 0 Å². The maximum Gasteiger partial charge on any atom is 0.293 e. The van der Waals surface area contributed by atoms with Crippen molar-refractivity contribution < 1.29 is 9.34 Å². The highest BCUT2D eigenvalue weighted by molar-refractivity contribution is 6.31. The third-order valence-corrected chi connectivity index (χ3v) is 4.49. The summed E-state index contributed by atoms with van der Waals surface area (Å²) in [4.78, 5) is 29.3. The Morgan fingerprint density at radius 1 is 1.30 bits per heavy atom. The Kier molecular flexibility index (Phi) is 4.04. The lowest BCUT2D eigenvalue weighted by molar-refractivity contribution is -0.383. The second-order valence-electron chi connectivity index (χ2n) is 6.07. The number of hydrogen-bond acceptors (Lipinski definition) is 6. The first kappa shape index (κ1) is 17.0. The second kappa shape index (κ2) is 6.40. The van der Waals surface area contributed by atoms with E-state index in [-0.39, 0.29) is 22.8 Å². The molecule has 2 N–H and O–H groups in total. The van der Waals surface area contributed by atoms with Crippen LogP contribution in [0.1, 0.15) is 18.7 Å². The Morgan fingerprint density at radius 3 is 2.89 bits per heavy atom. The minimum absolute atomic E-state index is 0.154. The molecule has 27 heavy (non-hydrogen) atoms. The number of anilines is 1. The third-order valence-electron chi connectivity index (χ3n) is 4.25. The number of aromatic amines is 1. The molecule has 0 fully saturated rings. The van der Waals surface area contributed by atoms with Gasteiger partial charge in [0.25, 0.3) is 11.2 Å². The van der Waals surface area contributed by atoms with Crippen molar-refractivity contribution in [3.05, 3.63) is 74.0 Å². The van der Waals surface area contributed by atoms with Crippen molar-refractivity contribution in [3.63, 3.8) is 0 Å². The number of H-pyrrole nitrogens is 1. The number of halogens is 1. The average Bonchev–Trinajstić information content (AvgIpc) is 3.04. The van der Waals surface area contributed by atoms with E-state index in [4.69, 9.17) is 16.0 Å². The van der Waals surface area contributed by atoms with Crippen LogP contribution in [0.15, 0.2) is 51.9 Å². The topological polar surface area (TPSA) is 114 Å². The molecule has 4 aromatic rings. The van der Waals surface area contributed by atoms with E-state index in [0.717, 1.165) is 5.39 Å². The number of furan rings is 1. The zero-order chi connectivity index (χ0) is 19.1. The van der Waals surface area contributed by atoms with Gasteiger partial charge < -0.3 is 14.7 Å². The molecule has 0 bridgehead atoms. The van der Waals surface area contributed by atoms with Crippen LogP contribution in [0.2, 0.25) is 5.02 Å². The molecule has 0 aliphatic carbocycles. The van der Waals surface area contributed by atoms with E-state index in [1.165, 1.54) is 18.5 Å². The molecule has 0 saturated carbocycles. The smallest absolute Gasteiger partial charge is 0.293 e. The fourth-order valence-electron chi connectivity index (χ4n) is 2.92. The molecule has 136 valence electrons. The maximum atomic E-state index is 11.9. The number of rotatable bonds is 4. The summed E-state index contributed by atoms with van der Waals surface area (Å²) in [5.41, 5.74) is 0.625. The second-order valence-corrected chi connectivity index (χ2v) is 6.51. The molecule has 0 radical (unpaired) electrons. The Hall–Kier alpha value is -3.39. The number of aromatic nitrogens is 2. The zero-order valence-corrected chi connectivity index (χ0v) is 14.8. The summed E-state index contributed by atoms with van der Waals surface area (Å²) in [5, 5.41) is 16.1. The fraction of sp³-hybridized carbons (Fsp3) is 0.111. The van der Waals surface area contributed by atoms with Crippen molar-refractivity contribution in [3.8, 4) is 0 Å². The first-order valence-electron chi connectivity index (χ1n) is 8.04. The molecule has 4 rings (SSSR count). The third kappa shape index (κ3) is 3.11. The van der Waals surface area contributed by atoms with Crippen LogP contribution in [0.4, 0.5) is 11.4 Å². The first-order valence-corrected chi connectivity index (χ1v) is 8.41. The lowest BCUT2D eigenvalue weighted by Gasteiger charge is -2.13. The highest BCUT2D eigenvalue weighted by atomic mass is 35.5. The highest BCUT2D eigenvalue weighted by Gasteiger charge is 2.20. The average molecular weight is 385 g/mol. The van der Waals surface area contributed by atoms with Gasteiger partial charge in [0.15, 0.2) is 0 Å². The van der Waals surface area contributed by atoms with Gasteiger partial charge in [-0.05, 0) is 37.3 Å². The first-order chi connectivity index (χ1) is 12.9. The van der Waals surface area contributed by atoms with Gasteiger partial charge in [-0.3, -0.25) is 14.9 Å². The quantitative estimate of drug-likeness (QED) is 0.398. The standard InChI is InChI=1S/C18H13ClN4O4/c1-9(17-5-10-4-11(19)2-3-16(10)27-17)22-14-7-13-12(6-15(14)23(25)26)18(24)21-8-20-13/h2-9,22H,1H3,(H,20,21,24). The van der Waals surface area contributed by atoms with Crippen molar-refractivity contribution >= 4 is 44.8 Å². The number of benzene rings is 2. The molecule has 1 atom stereocenters. The summed E-state index contributed by atoms with van der Waals surface area (Å²) in [6, 6.07) is 9.44. The lowest BCUT2D eigenvalue weighted by Crippen LogP contribution is -2.10. The summed E-state index contributed by atoms with van der Waals surface area (Å²) in [7, 11) is 0. The Morgan fingerprint density at radius 2 is 2.11 bits per heavy atom. The summed E-state index contributed by atoms with van der Waals surface area (Å²) < 4.78 is 5.80. The van der Waals surface area contributed by atoms with Gasteiger partial charge in [0.1, 0.15) is 17.0 Å². The predicted molar refractivity (Wildman–Crippen MR) is 102 cm³/mol. The van der Waals surface area contributed by atoms with Gasteiger partial charge in [0.05, 0.1) is 28.2 Å². The Balaban J connectivity index is 1.75. The molecule has 9 heteroatoms. The molecule has 8 nitrogen and oxygen atoms in total. The molecule has 0 aliphatic rings. The minimum Gasteiger partial charge on any atom is -0.459 e. The van der Waals surface area contributed by atoms with Crippen molar-refractivity contribution in [2.24, 2.45) is 0 Å². The molecule has 0 amide bonds. The number of nitrogens with one attached hydrogen (secondary N) is 2. The molecule has 1 unspecified atom stereocenters. The van der Waals surface area contributed by atoms with Crippen molar-refractivity contribution in [1.82, 2.24) is 9.97 Å². The summed E-state index contributed by atoms with van der Waals surface area (Å²) in [6.07, 6.45) is 1.26. The largest absolute Gasteiger partial charge is 0.459 e. The number of nitrogens with zero attached hydrogens (tertiary/aromatic N) is 2. The van der Waals surface area contributed by atoms with E-state index in [1.807, 2.05) is 13.0 Å². The molecule has 0 spiro atoms. The molecule has 0 aliphatic heterocycles. The minimum atomic E-state index is -0.542. The number of fused-ring (bicyclic) bond motifs is 2. The van der Waals surface area contributed by atoms with E-state index < -0.39 is 10.5 Å². The summed E-state index contributed by atoms with van der Waals surface area (Å²) in [6.45, 7) is 1.82. The van der Waals surface area contributed by atoms with Gasteiger partial charge in [0.2, 0.25) is 0 Å². The van der Waals surface area contributed by atoms with Crippen LogP contribution in [-0.2, 0) is 0 Å². The monoisotopic (exact) mass is 384 g/mol. The normalized spacial score (nSPS) is 12.4. The SMILES string of the molecule is CC(Nc1cc2nc[nH]c(=O)c2cc1[N+](=O)[O-])c1cc2cc(Cl)ccc2o1. The van der Waals surface area contributed by atoms with Crippen LogP contribution < -0.4 is 10.9 Å². The molecule has 2 aromatic carbocycles. The van der Waals surface area contributed by atoms with Crippen LogP contribution in [-0.4, -0.2) is 14.9 Å². The van der Waals surface area contributed by atoms with Gasteiger partial charge in [-0.1, -0.05) is 11.6 Å². The van der Waals surface area contributed by atoms with E-state index in [1.54, 1.807) is 18.2 Å². The van der Waals surface area contributed by atoms with Crippen molar-refractivity contribution in [2.75, 3.05) is 5.32 Å². The van der Waals surface area contributed by atoms with Crippen LogP contribution in [0.25, 0.3) is 21.9 Å². The zero-order valence-electron chi connectivity index (χ0n) is 14.0. The number of nitro groups is 1. The van der Waals surface area contributed by atoms with E-state index in [0.29, 0.717) is 21.9 Å². The van der Waals surface area contributed by atoms with E-state index in [2.05, 4.69) is 15.3 Å². The molecule has 0 saturated heterocycles. The van der Waals surface area contributed by atoms with Gasteiger partial charge in [-0.25, -0.2) is 4.98 Å². The Labute approximate surface area is 156 Å². The van der Waals surface area contributed by atoms with Crippen LogP contribution in [0, 0.1) is 10.1 Å². The number of hydrogen-bond donors (Lipinski definition) is 2. The molecule has 2 heterocycles. The molecule has 2 aromatic heterocycles. The lowest BCUT2D eigenvalue weighted by atomic mass is 10.1. The fourth-order valence-corrected chi connectivity index (χ4v) is 3.10. The summed E-state index contributed by atoms with van der Waals surface area (Å²) in [5.74, 6) is 0.598. The van der Waals surface area contributed by atoms with E-state index in [9.17, 15) is 14.9 Å². The van der Waals surface area contributed by atoms with E-state index >= 15 is 0 Å². The van der Waals surface area contributed by atoms with Crippen LogP contribution >= 0.6 is 11.6 Å². The van der Waals surface area contributed by atoms with Crippen LogP contribution in [0.5, 0.6) is 0 Å². The number of nitro benzene ring substituents is 1. The van der Waals surface area contributed by atoms with Gasteiger partial charge in [-0.15, -0.1) is 0 Å². The summed E-state index contributed by atoms with van der Waals surface area (Å²) >= 11 is 5.99. The molecular formula is C18H13ClN4O4. The Bertz CT molecular complexity index is 1250. The van der Waals surface area contributed by atoms with Gasteiger partial charge in [0, 0.05) is 16.5 Å². The molecular weight excluding hydrogens is 372 g/mol. The van der Waals surface area contributed by atoms with Gasteiger partial charge in [-0.2, -0.15) is 0 Å². The maximum absolute atomic E-state index is 11.9. The highest BCUT2D eigenvalue weighted by Crippen LogP contribution is 2.33. The van der Waals surface area contributed by atoms with Crippen molar-refractivity contribution in [2.45, 2.75) is 13.0 Å².